The first-order valence-electron chi connectivity index (χ1n) is 5.01. The summed E-state index contributed by atoms with van der Waals surface area (Å²) in [5.41, 5.74) is 0.908. The van der Waals surface area contributed by atoms with E-state index in [1.54, 1.807) is 36.4 Å². The van der Waals surface area contributed by atoms with Gasteiger partial charge in [0.05, 0.1) is 4.47 Å². The number of rotatable bonds is 3. The average Bonchev–Trinajstić information content (AvgIpc) is 2.33. The van der Waals surface area contributed by atoms with Crippen molar-refractivity contribution in [1.82, 2.24) is 0 Å². The van der Waals surface area contributed by atoms with E-state index in [2.05, 4.69) is 15.9 Å². The predicted octanol–water partition coefficient (Wildman–Crippen LogP) is 3.87. The highest BCUT2D eigenvalue weighted by atomic mass is 79.9. The number of phenols is 1. The van der Waals surface area contributed by atoms with Crippen LogP contribution in [0.1, 0.15) is 5.56 Å². The highest BCUT2D eigenvalue weighted by Gasteiger charge is 2.01. The summed E-state index contributed by atoms with van der Waals surface area (Å²) in [6.07, 6.45) is 0. The van der Waals surface area contributed by atoms with Crippen LogP contribution >= 0.6 is 15.9 Å². The molecule has 0 unspecified atom stereocenters. The Hall–Kier alpha value is -1.55. The minimum atomic E-state index is -0.354. The van der Waals surface area contributed by atoms with Crippen LogP contribution in [0, 0.1) is 5.82 Å². The van der Waals surface area contributed by atoms with E-state index in [-0.39, 0.29) is 11.6 Å². The molecule has 0 saturated carbocycles. The summed E-state index contributed by atoms with van der Waals surface area (Å²) in [6.45, 7) is 0.335. The number of hydrogen-bond donors (Lipinski definition) is 1. The van der Waals surface area contributed by atoms with Crippen molar-refractivity contribution in [2.45, 2.75) is 6.61 Å². The molecule has 0 saturated heterocycles. The molecule has 2 rings (SSSR count). The molecule has 1 N–H and O–H groups in total. The molecule has 0 radical (unpaired) electrons. The highest BCUT2D eigenvalue weighted by Crippen LogP contribution is 2.21. The van der Waals surface area contributed by atoms with Crippen LogP contribution in [0.4, 0.5) is 4.39 Å². The summed E-state index contributed by atoms with van der Waals surface area (Å²) in [5, 5.41) is 9.11. The molecule has 0 heterocycles. The van der Waals surface area contributed by atoms with Crippen molar-refractivity contribution in [3.63, 3.8) is 0 Å². The smallest absolute Gasteiger partial charge is 0.141 e. The maximum Gasteiger partial charge on any atom is 0.141 e. The van der Waals surface area contributed by atoms with Crippen molar-refractivity contribution >= 4 is 15.9 Å². The molecule has 2 aromatic rings. The molecule has 0 bridgehead atoms. The number of aromatic hydroxyl groups is 1. The van der Waals surface area contributed by atoms with E-state index in [9.17, 15) is 4.39 Å². The van der Waals surface area contributed by atoms with Gasteiger partial charge in [-0.1, -0.05) is 12.1 Å². The van der Waals surface area contributed by atoms with Gasteiger partial charge in [0.25, 0.3) is 0 Å². The van der Waals surface area contributed by atoms with Gasteiger partial charge in [-0.15, -0.1) is 0 Å². The van der Waals surface area contributed by atoms with Gasteiger partial charge in [-0.25, -0.2) is 4.39 Å². The van der Waals surface area contributed by atoms with Crippen molar-refractivity contribution in [3.8, 4) is 11.5 Å². The molecule has 0 fully saturated rings. The third-order valence-electron chi connectivity index (χ3n) is 2.23. The third kappa shape index (κ3) is 3.20. The lowest BCUT2D eigenvalue weighted by atomic mass is 10.2. The monoisotopic (exact) mass is 296 g/mol. The molecule has 2 aromatic carbocycles. The fourth-order valence-corrected chi connectivity index (χ4v) is 1.57. The molecule has 0 atom stereocenters. The molecular formula is C13H10BrFO2. The zero-order chi connectivity index (χ0) is 12.3. The normalized spacial score (nSPS) is 10.2. The topological polar surface area (TPSA) is 29.5 Å². The van der Waals surface area contributed by atoms with Crippen molar-refractivity contribution in [1.29, 1.82) is 0 Å². The molecule has 88 valence electrons. The Morgan fingerprint density at radius 2 is 1.82 bits per heavy atom. The van der Waals surface area contributed by atoms with Crippen molar-refractivity contribution in [2.75, 3.05) is 0 Å². The average molecular weight is 297 g/mol. The van der Waals surface area contributed by atoms with Crippen LogP contribution in [-0.4, -0.2) is 5.11 Å². The summed E-state index contributed by atoms with van der Waals surface area (Å²) in [4.78, 5) is 0. The maximum absolute atomic E-state index is 13.2. The fraction of sp³-hybridized carbons (Fsp3) is 0.0769. The Kier molecular flexibility index (Phi) is 3.64. The second-order valence-corrected chi connectivity index (χ2v) is 4.39. The molecule has 0 amide bonds. The van der Waals surface area contributed by atoms with Gasteiger partial charge < -0.3 is 9.84 Å². The number of ether oxygens (including phenoxy) is 1. The fourth-order valence-electron chi connectivity index (χ4n) is 1.33. The van der Waals surface area contributed by atoms with Crippen molar-refractivity contribution in [2.24, 2.45) is 0 Å². The molecule has 0 aliphatic carbocycles. The quantitative estimate of drug-likeness (QED) is 0.931. The minimum Gasteiger partial charge on any atom is -0.508 e. The van der Waals surface area contributed by atoms with Gasteiger partial charge in [0.2, 0.25) is 0 Å². The zero-order valence-electron chi connectivity index (χ0n) is 8.86. The Morgan fingerprint density at radius 1 is 1.12 bits per heavy atom. The molecule has 0 aromatic heterocycles. The van der Waals surface area contributed by atoms with Gasteiger partial charge in [0, 0.05) is 6.07 Å². The van der Waals surface area contributed by atoms with Gasteiger partial charge in [-0.3, -0.25) is 0 Å². The summed E-state index contributed by atoms with van der Waals surface area (Å²) in [6, 6.07) is 11.3. The number of hydrogen-bond acceptors (Lipinski definition) is 2. The van der Waals surface area contributed by atoms with Gasteiger partial charge in [0.15, 0.2) is 0 Å². The van der Waals surface area contributed by atoms with Gasteiger partial charge in [-0.05, 0) is 45.8 Å². The summed E-state index contributed by atoms with van der Waals surface area (Å²) < 4.78 is 19.0. The number of benzene rings is 2. The minimum absolute atomic E-state index is 0.212. The van der Waals surface area contributed by atoms with E-state index in [0.29, 0.717) is 16.8 Å². The Balaban J connectivity index is 2.02. The lowest BCUT2D eigenvalue weighted by Crippen LogP contribution is -1.95. The molecule has 4 heteroatoms. The maximum atomic E-state index is 13.2. The zero-order valence-corrected chi connectivity index (χ0v) is 10.4. The van der Waals surface area contributed by atoms with Crippen LogP contribution in [0.3, 0.4) is 0 Å². The highest BCUT2D eigenvalue weighted by molar-refractivity contribution is 9.10. The largest absolute Gasteiger partial charge is 0.508 e. The molecule has 0 spiro atoms. The SMILES string of the molecule is Oc1ccc(COc2ccc(Br)c(F)c2)cc1. The Morgan fingerprint density at radius 3 is 2.47 bits per heavy atom. The van der Waals surface area contributed by atoms with E-state index >= 15 is 0 Å². The second kappa shape index (κ2) is 5.19. The van der Waals surface area contributed by atoms with Crippen molar-refractivity contribution < 1.29 is 14.2 Å². The van der Waals surface area contributed by atoms with Gasteiger partial charge in [-0.2, -0.15) is 0 Å². The second-order valence-electron chi connectivity index (χ2n) is 3.53. The summed E-state index contributed by atoms with van der Waals surface area (Å²) in [5.74, 6) is 0.329. The van der Waals surface area contributed by atoms with E-state index in [0.717, 1.165) is 5.56 Å². The first-order valence-corrected chi connectivity index (χ1v) is 5.80. The summed E-state index contributed by atoms with van der Waals surface area (Å²) >= 11 is 3.08. The van der Waals surface area contributed by atoms with E-state index < -0.39 is 0 Å². The Bertz CT molecular complexity index is 511. The van der Waals surface area contributed by atoms with Gasteiger partial charge in [0.1, 0.15) is 23.9 Å². The first kappa shape index (κ1) is 11.9. The van der Waals surface area contributed by atoms with Crippen LogP contribution < -0.4 is 4.74 Å². The van der Waals surface area contributed by atoms with Gasteiger partial charge >= 0.3 is 0 Å². The third-order valence-corrected chi connectivity index (χ3v) is 2.88. The number of phenolic OH excluding ortho intramolecular Hbond substituents is 1. The number of halogens is 2. The standard InChI is InChI=1S/C13H10BrFO2/c14-12-6-5-11(7-13(12)15)17-8-9-1-3-10(16)4-2-9/h1-7,16H,8H2. The first-order chi connectivity index (χ1) is 8.15. The van der Waals surface area contributed by atoms with E-state index in [1.807, 2.05) is 0 Å². The van der Waals surface area contributed by atoms with Crippen molar-refractivity contribution in [3.05, 3.63) is 58.3 Å². The van der Waals surface area contributed by atoms with E-state index in [1.165, 1.54) is 6.07 Å². The molecule has 2 nitrogen and oxygen atoms in total. The lowest BCUT2D eigenvalue weighted by molar-refractivity contribution is 0.304. The van der Waals surface area contributed by atoms with Crippen LogP contribution in [0.2, 0.25) is 0 Å². The molecule has 0 aliphatic heterocycles. The van der Waals surface area contributed by atoms with Crippen LogP contribution in [0.15, 0.2) is 46.9 Å². The summed E-state index contributed by atoms with van der Waals surface area (Å²) in [7, 11) is 0. The molecule has 17 heavy (non-hydrogen) atoms. The Labute approximate surface area is 107 Å². The predicted molar refractivity (Wildman–Crippen MR) is 66.5 cm³/mol. The van der Waals surface area contributed by atoms with Crippen LogP contribution in [0.25, 0.3) is 0 Å². The van der Waals surface area contributed by atoms with Crippen LogP contribution in [0.5, 0.6) is 11.5 Å². The molecular weight excluding hydrogens is 287 g/mol. The lowest BCUT2D eigenvalue weighted by Gasteiger charge is -2.06. The van der Waals surface area contributed by atoms with E-state index in [4.69, 9.17) is 9.84 Å². The molecule has 0 aliphatic rings. The van der Waals surface area contributed by atoms with Crippen LogP contribution in [-0.2, 0) is 6.61 Å².